The maximum Gasteiger partial charge on any atom is 0.425 e. The van der Waals surface area contributed by atoms with E-state index in [1.54, 1.807) is 13.1 Å². The molecule has 17 heavy (non-hydrogen) atoms. The largest absolute Gasteiger partial charge is 0.425 e. The summed E-state index contributed by atoms with van der Waals surface area (Å²) in [5, 5.41) is 15.9. The first-order chi connectivity index (χ1) is 7.73. The van der Waals surface area contributed by atoms with Crippen LogP contribution in [0.15, 0.2) is 10.6 Å². The quantitative estimate of drug-likeness (QED) is 0.717. The van der Waals surface area contributed by atoms with Crippen LogP contribution in [-0.2, 0) is 5.41 Å². The number of amides is 2. The monoisotopic (exact) mass is 240 g/mol. The van der Waals surface area contributed by atoms with Crippen molar-refractivity contribution in [3.05, 3.63) is 11.8 Å². The molecule has 1 aromatic rings. The Bertz CT molecular complexity index is 449. The standard InChI is InChI=1S/C11H17N3O3/c1-11(2,3)7-5-8(13-17-7)14(4)6-9(15)12-10(14)16/h5,9,15H,6H2,1-4H3/p+1. The number of nitrogens with one attached hydrogen (secondary N) is 1. The number of quaternary nitrogens is 1. The van der Waals surface area contributed by atoms with Crippen LogP contribution in [0.2, 0.25) is 0 Å². The van der Waals surface area contributed by atoms with Crippen molar-refractivity contribution in [2.45, 2.75) is 32.4 Å². The van der Waals surface area contributed by atoms with Gasteiger partial charge in [-0.05, 0) is 5.16 Å². The minimum atomic E-state index is -0.831. The number of carbonyl (C=O) groups is 1. The van der Waals surface area contributed by atoms with Gasteiger partial charge in [-0.2, -0.15) is 4.48 Å². The molecule has 2 heterocycles. The molecule has 1 aliphatic rings. The Morgan fingerprint density at radius 3 is 2.65 bits per heavy atom. The molecule has 2 atom stereocenters. The smallest absolute Gasteiger partial charge is 0.368 e. The fraction of sp³-hybridized carbons (Fsp3) is 0.636. The van der Waals surface area contributed by atoms with Gasteiger partial charge in [-0.15, -0.1) is 0 Å². The van der Waals surface area contributed by atoms with Crippen LogP contribution in [0.25, 0.3) is 0 Å². The summed E-state index contributed by atoms with van der Waals surface area (Å²) < 4.78 is 5.18. The Morgan fingerprint density at radius 2 is 2.24 bits per heavy atom. The minimum Gasteiger partial charge on any atom is -0.368 e. The van der Waals surface area contributed by atoms with Crippen LogP contribution < -0.4 is 9.80 Å². The summed E-state index contributed by atoms with van der Waals surface area (Å²) in [5.74, 6) is 1.24. The van der Waals surface area contributed by atoms with E-state index in [0.29, 0.717) is 5.82 Å². The fourth-order valence-corrected chi connectivity index (χ4v) is 1.81. The number of urea groups is 1. The molecule has 0 bridgehead atoms. The summed E-state index contributed by atoms with van der Waals surface area (Å²) in [6, 6.07) is 1.50. The number of likely N-dealkylation sites (N-methyl/N-ethyl adjacent to an activating group) is 1. The molecule has 2 N–H and O–H groups in total. The molecule has 0 aliphatic carbocycles. The molecule has 0 saturated carbocycles. The van der Waals surface area contributed by atoms with Crippen molar-refractivity contribution in [2.75, 3.05) is 13.6 Å². The van der Waals surface area contributed by atoms with Crippen molar-refractivity contribution in [3.63, 3.8) is 0 Å². The third kappa shape index (κ3) is 1.94. The van der Waals surface area contributed by atoms with Crippen LogP contribution in [0.1, 0.15) is 26.5 Å². The normalized spacial score (nSPS) is 29.5. The topological polar surface area (TPSA) is 75.4 Å². The highest BCUT2D eigenvalue weighted by atomic mass is 16.5. The number of aliphatic hydroxyl groups is 1. The third-order valence-corrected chi connectivity index (χ3v) is 3.02. The van der Waals surface area contributed by atoms with E-state index in [-0.39, 0.29) is 22.5 Å². The zero-order valence-electron chi connectivity index (χ0n) is 10.5. The van der Waals surface area contributed by atoms with Crippen molar-refractivity contribution in [1.29, 1.82) is 0 Å². The van der Waals surface area contributed by atoms with Crippen LogP contribution in [0.5, 0.6) is 0 Å². The summed E-state index contributed by atoms with van der Waals surface area (Å²) in [7, 11) is 1.70. The van der Waals surface area contributed by atoms with Gasteiger partial charge >= 0.3 is 6.03 Å². The molecule has 1 aliphatic heterocycles. The van der Waals surface area contributed by atoms with E-state index >= 15 is 0 Å². The van der Waals surface area contributed by atoms with Crippen molar-refractivity contribution < 1.29 is 14.4 Å². The molecule has 6 heteroatoms. The van der Waals surface area contributed by atoms with Crippen LogP contribution in [0.4, 0.5) is 10.6 Å². The van der Waals surface area contributed by atoms with Gasteiger partial charge in [-0.1, -0.05) is 20.8 Å². The number of carbonyl (C=O) groups excluding carboxylic acids is 1. The average Bonchev–Trinajstić information content (AvgIpc) is 2.72. The van der Waals surface area contributed by atoms with Gasteiger partial charge in [0.1, 0.15) is 12.3 Å². The summed E-state index contributed by atoms with van der Waals surface area (Å²) in [6.07, 6.45) is -0.831. The molecule has 0 spiro atoms. The number of rotatable bonds is 1. The van der Waals surface area contributed by atoms with E-state index in [1.807, 2.05) is 20.8 Å². The van der Waals surface area contributed by atoms with E-state index in [0.717, 1.165) is 5.76 Å². The first-order valence-corrected chi connectivity index (χ1v) is 5.56. The lowest BCUT2D eigenvalue weighted by Crippen LogP contribution is -2.48. The minimum absolute atomic E-state index is 0.0826. The zero-order valence-corrected chi connectivity index (χ0v) is 10.5. The number of aliphatic hydroxyl groups excluding tert-OH is 1. The molecule has 2 rings (SSSR count). The molecule has 1 aromatic heterocycles. The van der Waals surface area contributed by atoms with Crippen molar-refractivity contribution in [1.82, 2.24) is 15.0 Å². The van der Waals surface area contributed by atoms with Gasteiger partial charge in [-0.25, -0.2) is 4.79 Å². The molecule has 0 radical (unpaired) electrons. The number of hydrogen-bond acceptors (Lipinski definition) is 4. The molecular weight excluding hydrogens is 222 g/mol. The number of hydrogen-bond donors (Lipinski definition) is 2. The van der Waals surface area contributed by atoms with E-state index in [4.69, 9.17) is 4.52 Å². The lowest BCUT2D eigenvalue weighted by molar-refractivity contribution is 0.164. The van der Waals surface area contributed by atoms with Crippen molar-refractivity contribution in [3.8, 4) is 0 Å². The third-order valence-electron chi connectivity index (χ3n) is 3.02. The molecular formula is C11H18N3O3+. The summed E-state index contributed by atoms with van der Waals surface area (Å²) >= 11 is 0. The van der Waals surface area contributed by atoms with Crippen LogP contribution in [-0.4, -0.2) is 36.1 Å². The van der Waals surface area contributed by atoms with Gasteiger partial charge in [0.2, 0.25) is 0 Å². The Kier molecular flexibility index (Phi) is 2.52. The van der Waals surface area contributed by atoms with Gasteiger partial charge < -0.3 is 9.63 Å². The predicted molar refractivity (Wildman–Crippen MR) is 62.3 cm³/mol. The SMILES string of the molecule is CC(C)(C)c1cc([N+]2(C)CC(O)NC2=O)no1. The van der Waals surface area contributed by atoms with Gasteiger partial charge in [0, 0.05) is 5.41 Å². The van der Waals surface area contributed by atoms with Crippen molar-refractivity contribution in [2.24, 2.45) is 0 Å². The van der Waals surface area contributed by atoms with Gasteiger partial charge in [0.25, 0.3) is 5.82 Å². The van der Waals surface area contributed by atoms with Crippen molar-refractivity contribution >= 4 is 11.8 Å². The van der Waals surface area contributed by atoms with E-state index in [1.165, 1.54) is 0 Å². The van der Waals surface area contributed by atoms with Gasteiger partial charge in [0.15, 0.2) is 6.23 Å². The molecule has 6 nitrogen and oxygen atoms in total. The van der Waals surface area contributed by atoms with Crippen LogP contribution in [0.3, 0.4) is 0 Å². The lowest BCUT2D eigenvalue weighted by Gasteiger charge is -2.19. The first kappa shape index (κ1) is 12.1. The fourth-order valence-electron chi connectivity index (χ4n) is 1.81. The van der Waals surface area contributed by atoms with Gasteiger partial charge in [0.05, 0.1) is 13.1 Å². The van der Waals surface area contributed by atoms with E-state index in [2.05, 4.69) is 10.5 Å². The Morgan fingerprint density at radius 1 is 1.59 bits per heavy atom. The van der Waals surface area contributed by atoms with E-state index in [9.17, 15) is 9.90 Å². The Hall–Kier alpha value is -1.40. The summed E-state index contributed by atoms with van der Waals surface area (Å²) in [4.78, 5) is 11.8. The zero-order chi connectivity index (χ0) is 12.8. The second kappa shape index (κ2) is 3.54. The highest BCUT2D eigenvalue weighted by molar-refractivity contribution is 5.88. The lowest BCUT2D eigenvalue weighted by atomic mass is 9.93. The molecule has 0 aromatic carbocycles. The second-order valence-corrected chi connectivity index (χ2v) is 5.64. The maximum absolute atomic E-state index is 11.8. The molecule has 1 fully saturated rings. The second-order valence-electron chi connectivity index (χ2n) is 5.64. The average molecular weight is 240 g/mol. The Balaban J connectivity index is 2.35. The highest BCUT2D eigenvalue weighted by Gasteiger charge is 2.47. The molecule has 2 amide bonds. The predicted octanol–water partition coefficient (Wildman–Crippen LogP) is 0.951. The van der Waals surface area contributed by atoms with Gasteiger partial charge in [-0.3, -0.25) is 5.32 Å². The highest BCUT2D eigenvalue weighted by Crippen LogP contribution is 2.30. The first-order valence-electron chi connectivity index (χ1n) is 5.56. The van der Waals surface area contributed by atoms with Crippen LogP contribution in [0, 0.1) is 0 Å². The number of nitrogens with zero attached hydrogens (tertiary/aromatic N) is 2. The summed E-state index contributed by atoms with van der Waals surface area (Å²) in [6.45, 7) is 6.29. The van der Waals surface area contributed by atoms with Crippen LogP contribution >= 0.6 is 0 Å². The summed E-state index contributed by atoms with van der Waals surface area (Å²) in [5.41, 5.74) is -0.154. The molecule has 94 valence electrons. The molecule has 2 unspecified atom stereocenters. The Labute approximate surface area is 99.8 Å². The maximum atomic E-state index is 11.8. The molecule has 1 saturated heterocycles. The number of aromatic nitrogens is 1. The van der Waals surface area contributed by atoms with E-state index < -0.39 is 6.23 Å².